The predicted molar refractivity (Wildman–Crippen MR) is 137 cm³/mol. The molecule has 0 spiro atoms. The Bertz CT molecular complexity index is 1280. The predicted octanol–water partition coefficient (Wildman–Crippen LogP) is 4.02. The van der Waals surface area contributed by atoms with Crippen LogP contribution in [0.2, 0.25) is 0 Å². The zero-order valence-corrected chi connectivity index (χ0v) is 20.7. The zero-order valence-electron chi connectivity index (χ0n) is 19.8. The molecule has 7 nitrogen and oxygen atoms in total. The molecule has 0 unspecified atom stereocenters. The quantitative estimate of drug-likeness (QED) is 0.473. The largest absolute Gasteiger partial charge is 0.454 e. The van der Waals surface area contributed by atoms with Gasteiger partial charge >= 0.3 is 0 Å². The number of hydrogen-bond donors (Lipinski definition) is 0. The first-order chi connectivity index (χ1) is 17.7. The average Bonchev–Trinajstić information content (AvgIpc) is 3.49. The lowest BCUT2D eigenvalue weighted by Crippen LogP contribution is -2.52. The summed E-state index contributed by atoms with van der Waals surface area (Å²) in [6.07, 6.45) is 0.228. The summed E-state index contributed by atoms with van der Waals surface area (Å²) < 4.78 is 10.9. The van der Waals surface area contributed by atoms with Gasteiger partial charge in [-0.25, -0.2) is 4.90 Å². The van der Waals surface area contributed by atoms with Gasteiger partial charge in [-0.3, -0.25) is 19.4 Å². The Morgan fingerprint density at radius 1 is 0.833 bits per heavy atom. The van der Waals surface area contributed by atoms with Crippen LogP contribution >= 0.6 is 11.8 Å². The van der Waals surface area contributed by atoms with E-state index in [1.807, 2.05) is 66.7 Å². The third-order valence-corrected chi connectivity index (χ3v) is 7.96. The number of carbonyl (C=O) groups is 2. The van der Waals surface area contributed by atoms with Crippen molar-refractivity contribution in [2.75, 3.05) is 37.9 Å². The molecule has 0 aliphatic carbocycles. The van der Waals surface area contributed by atoms with Crippen molar-refractivity contribution in [3.8, 4) is 11.5 Å². The van der Waals surface area contributed by atoms with E-state index in [1.165, 1.54) is 10.5 Å². The van der Waals surface area contributed by atoms with Gasteiger partial charge in [0, 0.05) is 42.5 Å². The summed E-state index contributed by atoms with van der Waals surface area (Å²) in [7, 11) is 0. The minimum atomic E-state index is -0.403. The summed E-state index contributed by atoms with van der Waals surface area (Å²) in [4.78, 5) is 34.5. The van der Waals surface area contributed by atoms with Gasteiger partial charge in [-0.1, -0.05) is 48.2 Å². The second-order valence-corrected chi connectivity index (χ2v) is 10.3. The van der Waals surface area contributed by atoms with Crippen LogP contribution in [0.1, 0.15) is 12.0 Å². The summed E-state index contributed by atoms with van der Waals surface area (Å²) in [5, 5.41) is 0. The smallest absolute Gasteiger partial charge is 0.251 e. The van der Waals surface area contributed by atoms with E-state index in [0.717, 1.165) is 54.0 Å². The van der Waals surface area contributed by atoms with Gasteiger partial charge < -0.3 is 9.47 Å². The fourth-order valence-corrected chi connectivity index (χ4v) is 5.99. The Hall–Kier alpha value is -3.33. The van der Waals surface area contributed by atoms with Crippen molar-refractivity contribution in [3.05, 3.63) is 78.4 Å². The zero-order chi connectivity index (χ0) is 24.5. The van der Waals surface area contributed by atoms with Gasteiger partial charge in [-0.05, 0) is 42.0 Å². The highest BCUT2D eigenvalue weighted by Crippen LogP contribution is 2.38. The molecule has 2 saturated heterocycles. The molecule has 0 aromatic heterocycles. The number of anilines is 1. The Morgan fingerprint density at radius 2 is 1.58 bits per heavy atom. The van der Waals surface area contributed by atoms with Gasteiger partial charge in [0.25, 0.3) is 5.91 Å². The van der Waals surface area contributed by atoms with Crippen LogP contribution in [0.25, 0.3) is 0 Å². The number of fused-ring (bicyclic) bond motifs is 1. The minimum absolute atomic E-state index is 0.120. The van der Waals surface area contributed by atoms with Crippen molar-refractivity contribution in [1.29, 1.82) is 0 Å². The standard InChI is InChI=1S/C28H27N3O4S/c32-27-17-23(28(33)31(27)22-8-4-5-9-26(22)36-21-6-2-1-3-7-21)30-14-12-29(13-15-30)18-20-10-11-24-25(16-20)35-19-34-24/h1-11,16,23H,12-15,17-19H2/t23-/m1/s1. The molecule has 0 N–H and O–H groups in total. The highest BCUT2D eigenvalue weighted by molar-refractivity contribution is 7.99. The maximum absolute atomic E-state index is 13.5. The number of para-hydroxylation sites is 1. The van der Waals surface area contributed by atoms with Gasteiger partial charge in [-0.15, -0.1) is 0 Å². The lowest BCUT2D eigenvalue weighted by molar-refractivity contribution is -0.123. The van der Waals surface area contributed by atoms with E-state index < -0.39 is 6.04 Å². The van der Waals surface area contributed by atoms with Crippen molar-refractivity contribution < 1.29 is 19.1 Å². The summed E-state index contributed by atoms with van der Waals surface area (Å²) in [6, 6.07) is 23.3. The van der Waals surface area contributed by atoms with Gasteiger partial charge in [0.05, 0.1) is 18.2 Å². The number of nitrogens with zero attached hydrogens (tertiary/aromatic N) is 3. The lowest BCUT2D eigenvalue weighted by Gasteiger charge is -2.37. The first kappa shape index (κ1) is 23.1. The molecule has 6 rings (SSSR count). The third kappa shape index (κ3) is 4.59. The van der Waals surface area contributed by atoms with Crippen LogP contribution < -0.4 is 14.4 Å². The topological polar surface area (TPSA) is 62.3 Å². The SMILES string of the molecule is O=C1C[C@@H](N2CCN(Cc3ccc4c(c3)OCO4)CC2)C(=O)N1c1ccccc1Sc1ccccc1. The van der Waals surface area contributed by atoms with Crippen molar-refractivity contribution in [3.63, 3.8) is 0 Å². The molecule has 2 fully saturated rings. The van der Waals surface area contributed by atoms with Gasteiger partial charge in [0.15, 0.2) is 11.5 Å². The maximum atomic E-state index is 13.5. The molecule has 3 aliphatic heterocycles. The van der Waals surface area contributed by atoms with Crippen molar-refractivity contribution in [2.45, 2.75) is 28.8 Å². The van der Waals surface area contributed by atoms with Crippen LogP contribution in [0.3, 0.4) is 0 Å². The maximum Gasteiger partial charge on any atom is 0.251 e. The minimum Gasteiger partial charge on any atom is -0.454 e. The van der Waals surface area contributed by atoms with Gasteiger partial charge in [0.2, 0.25) is 12.7 Å². The Balaban J connectivity index is 1.11. The van der Waals surface area contributed by atoms with Crippen LogP contribution in [0.4, 0.5) is 5.69 Å². The van der Waals surface area contributed by atoms with E-state index in [2.05, 4.69) is 15.9 Å². The van der Waals surface area contributed by atoms with Gasteiger partial charge in [0.1, 0.15) is 0 Å². The molecule has 0 bridgehead atoms. The first-order valence-corrected chi connectivity index (χ1v) is 13.0. The summed E-state index contributed by atoms with van der Waals surface area (Å²) in [5.74, 6) is 1.34. The highest BCUT2D eigenvalue weighted by atomic mass is 32.2. The Kier molecular flexibility index (Phi) is 6.39. The van der Waals surface area contributed by atoms with E-state index >= 15 is 0 Å². The molecular formula is C28H27N3O4S. The Morgan fingerprint density at radius 3 is 2.42 bits per heavy atom. The van der Waals surface area contributed by atoms with Crippen molar-refractivity contribution >= 4 is 29.3 Å². The molecule has 8 heteroatoms. The molecule has 3 aliphatic rings. The molecule has 2 amide bonds. The van der Waals surface area contributed by atoms with Crippen molar-refractivity contribution in [2.24, 2.45) is 0 Å². The van der Waals surface area contributed by atoms with Crippen molar-refractivity contribution in [1.82, 2.24) is 9.80 Å². The van der Waals surface area contributed by atoms with Crippen LogP contribution in [-0.2, 0) is 16.1 Å². The molecular weight excluding hydrogens is 474 g/mol. The van der Waals surface area contributed by atoms with Gasteiger partial charge in [-0.2, -0.15) is 0 Å². The normalized spacial score (nSPS) is 20.3. The number of amides is 2. The third-order valence-electron chi connectivity index (χ3n) is 6.89. The van der Waals surface area contributed by atoms with E-state index in [9.17, 15) is 9.59 Å². The molecule has 36 heavy (non-hydrogen) atoms. The number of imide groups is 1. The molecule has 1 atom stereocenters. The Labute approximate surface area is 214 Å². The number of carbonyl (C=O) groups excluding carboxylic acids is 2. The fraction of sp³-hybridized carbons (Fsp3) is 0.286. The molecule has 3 aromatic rings. The number of ether oxygens (including phenoxy) is 2. The van der Waals surface area contributed by atoms with E-state index in [4.69, 9.17) is 9.47 Å². The second-order valence-electron chi connectivity index (χ2n) is 9.17. The molecule has 184 valence electrons. The summed E-state index contributed by atoms with van der Waals surface area (Å²) >= 11 is 1.57. The molecule has 3 heterocycles. The van der Waals surface area contributed by atoms with Crippen LogP contribution in [0, 0.1) is 0 Å². The molecule has 0 radical (unpaired) electrons. The lowest BCUT2D eigenvalue weighted by atomic mass is 10.1. The molecule has 0 saturated carbocycles. The fourth-order valence-electron chi connectivity index (χ4n) is 5.03. The average molecular weight is 502 g/mol. The van der Waals surface area contributed by atoms with E-state index in [-0.39, 0.29) is 25.0 Å². The van der Waals surface area contributed by atoms with E-state index in [0.29, 0.717) is 5.69 Å². The summed E-state index contributed by atoms with van der Waals surface area (Å²) in [6.45, 7) is 4.28. The first-order valence-electron chi connectivity index (χ1n) is 12.2. The highest BCUT2D eigenvalue weighted by Gasteiger charge is 2.44. The number of hydrogen-bond acceptors (Lipinski definition) is 7. The van der Waals surface area contributed by atoms with Crippen LogP contribution in [-0.4, -0.2) is 60.6 Å². The number of benzene rings is 3. The number of piperazine rings is 1. The number of rotatable bonds is 6. The van der Waals surface area contributed by atoms with Crippen LogP contribution in [0.15, 0.2) is 82.6 Å². The monoisotopic (exact) mass is 501 g/mol. The summed E-state index contributed by atoms with van der Waals surface area (Å²) in [5.41, 5.74) is 1.85. The van der Waals surface area contributed by atoms with Crippen LogP contribution in [0.5, 0.6) is 11.5 Å². The van der Waals surface area contributed by atoms with E-state index in [1.54, 1.807) is 11.8 Å². The molecule has 3 aromatic carbocycles. The second kappa shape index (κ2) is 9.97.